The smallest absolute Gasteiger partial charge is 0.308 e. The molecule has 0 atom stereocenters. The number of carbonyl (C=O) groups is 2. The number of hydrogen-bond donors (Lipinski definition) is 0. The molecule has 0 saturated carbocycles. The van der Waals surface area contributed by atoms with Crippen LogP contribution in [0, 0.1) is 0 Å². The van der Waals surface area contributed by atoms with Crippen molar-refractivity contribution in [1.82, 2.24) is 19.9 Å². The molecule has 0 N–H and O–H groups in total. The standard InChI is InChI=1S/C18H22N4O4/c23-16(21-10-5-1-2-6-11-21)13-26-17(24)9-12-22-18(25)14-7-3-4-8-15(14)19-20-22/h3-4,7-8H,1-2,5-6,9-13H2. The predicted molar refractivity (Wildman–Crippen MR) is 94.4 cm³/mol. The Kier molecular flexibility index (Phi) is 5.93. The van der Waals surface area contributed by atoms with Crippen LogP contribution in [0.3, 0.4) is 0 Å². The number of nitrogens with zero attached hydrogens (tertiary/aromatic N) is 4. The van der Waals surface area contributed by atoms with E-state index in [9.17, 15) is 14.4 Å². The summed E-state index contributed by atoms with van der Waals surface area (Å²) >= 11 is 0. The van der Waals surface area contributed by atoms with Crippen molar-refractivity contribution in [3.8, 4) is 0 Å². The Morgan fingerprint density at radius 3 is 2.58 bits per heavy atom. The molecule has 1 fully saturated rings. The molecule has 2 heterocycles. The van der Waals surface area contributed by atoms with E-state index in [-0.39, 0.29) is 31.0 Å². The van der Waals surface area contributed by atoms with Crippen molar-refractivity contribution in [3.63, 3.8) is 0 Å². The van der Waals surface area contributed by atoms with Gasteiger partial charge in [-0.25, -0.2) is 4.68 Å². The van der Waals surface area contributed by atoms with Gasteiger partial charge in [0.25, 0.3) is 11.5 Å². The second kappa shape index (κ2) is 8.55. The number of aryl methyl sites for hydroxylation is 1. The summed E-state index contributed by atoms with van der Waals surface area (Å²) in [5, 5.41) is 8.24. The van der Waals surface area contributed by atoms with Crippen molar-refractivity contribution in [3.05, 3.63) is 34.6 Å². The highest BCUT2D eigenvalue weighted by Gasteiger charge is 2.17. The third-order valence-corrected chi connectivity index (χ3v) is 4.47. The van der Waals surface area contributed by atoms with Crippen LogP contribution >= 0.6 is 0 Å². The molecule has 26 heavy (non-hydrogen) atoms. The van der Waals surface area contributed by atoms with Crippen LogP contribution in [0.2, 0.25) is 0 Å². The van der Waals surface area contributed by atoms with Gasteiger partial charge in [0.1, 0.15) is 5.52 Å². The van der Waals surface area contributed by atoms with Gasteiger partial charge in [0, 0.05) is 13.1 Å². The van der Waals surface area contributed by atoms with E-state index in [0.717, 1.165) is 43.5 Å². The van der Waals surface area contributed by atoms with Crippen LogP contribution in [0.1, 0.15) is 32.1 Å². The van der Waals surface area contributed by atoms with Crippen LogP contribution in [0.5, 0.6) is 0 Å². The summed E-state index contributed by atoms with van der Waals surface area (Å²) in [6, 6.07) is 6.90. The summed E-state index contributed by atoms with van der Waals surface area (Å²) in [4.78, 5) is 38.0. The van der Waals surface area contributed by atoms with Gasteiger partial charge in [-0.15, -0.1) is 5.10 Å². The average molecular weight is 358 g/mol. The molecule has 0 aliphatic carbocycles. The molecular formula is C18H22N4O4. The van der Waals surface area contributed by atoms with E-state index < -0.39 is 5.97 Å². The van der Waals surface area contributed by atoms with Gasteiger partial charge < -0.3 is 9.64 Å². The lowest BCUT2D eigenvalue weighted by Crippen LogP contribution is -2.35. The van der Waals surface area contributed by atoms with Gasteiger partial charge in [0.15, 0.2) is 6.61 Å². The maximum absolute atomic E-state index is 12.3. The number of hydrogen-bond acceptors (Lipinski definition) is 6. The topological polar surface area (TPSA) is 94.4 Å². The van der Waals surface area contributed by atoms with Crippen molar-refractivity contribution in [1.29, 1.82) is 0 Å². The number of ether oxygens (including phenoxy) is 1. The summed E-state index contributed by atoms with van der Waals surface area (Å²) in [7, 11) is 0. The number of carbonyl (C=O) groups excluding carboxylic acids is 2. The first kappa shape index (κ1) is 18.0. The molecule has 1 saturated heterocycles. The minimum absolute atomic E-state index is 0.0415. The third kappa shape index (κ3) is 4.44. The first-order valence-corrected chi connectivity index (χ1v) is 8.91. The van der Waals surface area contributed by atoms with E-state index in [1.165, 1.54) is 0 Å². The van der Waals surface area contributed by atoms with E-state index in [1.54, 1.807) is 29.2 Å². The van der Waals surface area contributed by atoms with Gasteiger partial charge in [-0.2, -0.15) is 0 Å². The zero-order valence-corrected chi connectivity index (χ0v) is 14.6. The number of likely N-dealkylation sites (tertiary alicyclic amines) is 1. The van der Waals surface area contributed by atoms with Crippen LogP contribution in [-0.4, -0.2) is 51.5 Å². The predicted octanol–water partition coefficient (Wildman–Crippen LogP) is 1.13. The van der Waals surface area contributed by atoms with E-state index in [1.807, 2.05) is 0 Å². The number of esters is 1. The van der Waals surface area contributed by atoms with Crippen LogP contribution in [0.15, 0.2) is 29.1 Å². The molecule has 2 aromatic rings. The Bertz CT molecular complexity index is 840. The highest BCUT2D eigenvalue weighted by Crippen LogP contribution is 2.10. The Balaban J connectivity index is 1.50. The van der Waals surface area contributed by atoms with Gasteiger partial charge in [0.05, 0.1) is 18.4 Å². The fourth-order valence-electron chi connectivity index (χ4n) is 2.99. The van der Waals surface area contributed by atoms with Gasteiger partial charge in [-0.05, 0) is 25.0 Å². The molecule has 0 spiro atoms. The molecule has 1 aliphatic heterocycles. The van der Waals surface area contributed by atoms with E-state index in [4.69, 9.17) is 4.74 Å². The molecule has 1 aromatic heterocycles. The maximum atomic E-state index is 12.3. The molecule has 1 amide bonds. The summed E-state index contributed by atoms with van der Waals surface area (Å²) < 4.78 is 6.19. The fraction of sp³-hybridized carbons (Fsp3) is 0.500. The molecule has 1 aromatic carbocycles. The Labute approximate surface area is 150 Å². The van der Waals surface area contributed by atoms with Crippen molar-refractivity contribution in [2.75, 3.05) is 19.7 Å². The van der Waals surface area contributed by atoms with Gasteiger partial charge in [0.2, 0.25) is 0 Å². The lowest BCUT2D eigenvalue weighted by Gasteiger charge is -2.19. The Morgan fingerprint density at radius 2 is 1.81 bits per heavy atom. The molecular weight excluding hydrogens is 336 g/mol. The van der Waals surface area contributed by atoms with E-state index >= 15 is 0 Å². The number of rotatable bonds is 5. The van der Waals surface area contributed by atoms with Gasteiger partial charge in [-0.1, -0.05) is 30.2 Å². The van der Waals surface area contributed by atoms with Gasteiger partial charge in [-0.3, -0.25) is 14.4 Å². The highest BCUT2D eigenvalue weighted by molar-refractivity contribution is 5.80. The van der Waals surface area contributed by atoms with E-state index in [2.05, 4.69) is 10.3 Å². The fourth-order valence-corrected chi connectivity index (χ4v) is 2.99. The minimum atomic E-state index is -0.532. The second-order valence-electron chi connectivity index (χ2n) is 6.34. The highest BCUT2D eigenvalue weighted by atomic mass is 16.5. The summed E-state index contributed by atoms with van der Waals surface area (Å²) in [5.41, 5.74) is 0.211. The summed E-state index contributed by atoms with van der Waals surface area (Å²) in [5.74, 6) is -0.696. The maximum Gasteiger partial charge on any atom is 0.308 e. The molecule has 0 radical (unpaired) electrons. The minimum Gasteiger partial charge on any atom is -0.456 e. The monoisotopic (exact) mass is 358 g/mol. The van der Waals surface area contributed by atoms with Crippen molar-refractivity contribution >= 4 is 22.8 Å². The van der Waals surface area contributed by atoms with Crippen LogP contribution in [0.4, 0.5) is 0 Å². The molecule has 138 valence electrons. The van der Waals surface area contributed by atoms with E-state index in [0.29, 0.717) is 10.9 Å². The molecule has 3 rings (SSSR count). The zero-order chi connectivity index (χ0) is 18.4. The number of aromatic nitrogens is 3. The molecule has 0 unspecified atom stereocenters. The van der Waals surface area contributed by atoms with Crippen LogP contribution in [0.25, 0.3) is 10.9 Å². The molecule has 0 bridgehead atoms. The summed E-state index contributed by atoms with van der Waals surface area (Å²) in [6.45, 7) is 1.25. The third-order valence-electron chi connectivity index (χ3n) is 4.47. The molecule has 8 nitrogen and oxygen atoms in total. The largest absolute Gasteiger partial charge is 0.456 e. The zero-order valence-electron chi connectivity index (χ0n) is 14.6. The molecule has 8 heteroatoms. The van der Waals surface area contributed by atoms with Crippen molar-refractivity contribution in [2.45, 2.75) is 38.6 Å². The van der Waals surface area contributed by atoms with Crippen LogP contribution in [-0.2, 0) is 20.9 Å². The lowest BCUT2D eigenvalue weighted by atomic mass is 10.2. The lowest BCUT2D eigenvalue weighted by molar-refractivity contribution is -0.152. The normalized spacial score (nSPS) is 14.8. The van der Waals surface area contributed by atoms with Crippen LogP contribution < -0.4 is 5.56 Å². The Hall–Kier alpha value is -2.77. The van der Waals surface area contributed by atoms with Crippen molar-refractivity contribution in [2.24, 2.45) is 0 Å². The Morgan fingerprint density at radius 1 is 1.08 bits per heavy atom. The number of amides is 1. The molecule has 1 aliphatic rings. The summed E-state index contributed by atoms with van der Waals surface area (Å²) in [6.07, 6.45) is 4.20. The van der Waals surface area contributed by atoms with Crippen molar-refractivity contribution < 1.29 is 14.3 Å². The average Bonchev–Trinajstić information content (AvgIpc) is 2.95. The second-order valence-corrected chi connectivity index (χ2v) is 6.34. The number of fused-ring (bicyclic) bond motifs is 1. The first-order chi connectivity index (χ1) is 12.6. The van der Waals surface area contributed by atoms with Gasteiger partial charge >= 0.3 is 5.97 Å². The first-order valence-electron chi connectivity index (χ1n) is 8.91. The number of benzene rings is 1. The quantitative estimate of drug-likeness (QED) is 0.744. The SMILES string of the molecule is O=C(CCn1nnc2ccccc2c1=O)OCC(=O)N1CCCCCC1.